The van der Waals surface area contributed by atoms with Crippen molar-refractivity contribution in [1.82, 2.24) is 0 Å². The number of ether oxygens (including phenoxy) is 1. The first-order valence-electron chi connectivity index (χ1n) is 6.97. The summed E-state index contributed by atoms with van der Waals surface area (Å²) in [5.74, 6) is 1.25. The van der Waals surface area contributed by atoms with Crippen LogP contribution in [0, 0.1) is 6.92 Å². The highest BCUT2D eigenvalue weighted by molar-refractivity contribution is 5.86. The Morgan fingerprint density at radius 1 is 0.818 bits per heavy atom. The molecule has 4 nitrogen and oxygen atoms in total. The van der Waals surface area contributed by atoms with Crippen LogP contribution in [0.1, 0.15) is 5.56 Å². The molecule has 0 radical (unpaired) electrons. The van der Waals surface area contributed by atoms with Crippen LogP contribution in [0.5, 0.6) is 11.5 Å². The van der Waals surface area contributed by atoms with Gasteiger partial charge in [-0.05, 0) is 54.1 Å². The number of hydrogen-bond donors (Lipinski definition) is 1. The molecule has 1 N–H and O–H groups in total. The van der Waals surface area contributed by atoms with Gasteiger partial charge in [0.1, 0.15) is 11.4 Å². The van der Waals surface area contributed by atoms with E-state index in [-0.39, 0.29) is 0 Å². The van der Waals surface area contributed by atoms with Gasteiger partial charge in [-0.1, -0.05) is 35.1 Å². The molecule has 0 aliphatic rings. The van der Waals surface area contributed by atoms with E-state index in [2.05, 4.69) is 13.0 Å². The van der Waals surface area contributed by atoms with E-state index in [1.54, 1.807) is 31.4 Å². The number of aryl methyl sites for hydroxylation is 1. The van der Waals surface area contributed by atoms with Crippen molar-refractivity contribution in [3.63, 3.8) is 0 Å². The van der Waals surface area contributed by atoms with Crippen LogP contribution in [0.2, 0.25) is 0 Å². The molecule has 4 heteroatoms. The van der Waals surface area contributed by atoms with Crippen LogP contribution in [-0.2, 0) is 0 Å². The first-order valence-corrected chi connectivity index (χ1v) is 6.97. The maximum Gasteiger partial charge on any atom is 0.158 e. The van der Waals surface area contributed by atoms with Gasteiger partial charge in [0.15, 0.2) is 5.75 Å². The Morgan fingerprint density at radius 2 is 1.45 bits per heavy atom. The van der Waals surface area contributed by atoms with Crippen molar-refractivity contribution in [3.05, 3.63) is 66.2 Å². The number of rotatable bonds is 4. The summed E-state index contributed by atoms with van der Waals surface area (Å²) < 4.78 is 5.08. The summed E-state index contributed by atoms with van der Waals surface area (Å²) in [6.45, 7) is 2.05. The summed E-state index contributed by atoms with van der Waals surface area (Å²) in [7, 11) is 1.60. The van der Waals surface area contributed by atoms with Gasteiger partial charge in [0.25, 0.3) is 0 Å². The Balaban J connectivity index is 1.81. The molecule has 22 heavy (non-hydrogen) atoms. The zero-order valence-corrected chi connectivity index (χ0v) is 12.5. The predicted molar refractivity (Wildman–Crippen MR) is 86.6 cm³/mol. The maximum atomic E-state index is 10.1. The van der Waals surface area contributed by atoms with Crippen molar-refractivity contribution in [1.29, 1.82) is 0 Å². The van der Waals surface area contributed by atoms with Gasteiger partial charge in [0.2, 0.25) is 0 Å². The fourth-order valence-corrected chi connectivity index (χ4v) is 2.26. The normalized spacial score (nSPS) is 10.5. The third-order valence-corrected chi connectivity index (χ3v) is 3.45. The Kier molecular flexibility index (Phi) is 3.85. The van der Waals surface area contributed by atoms with Crippen LogP contribution < -0.4 is 14.8 Å². The lowest BCUT2D eigenvalue weighted by Crippen LogP contribution is -2.22. The molecule has 112 valence electrons. The number of fused-ring (bicyclic) bond motifs is 1. The molecule has 0 aliphatic heterocycles. The van der Waals surface area contributed by atoms with Crippen molar-refractivity contribution in [2.24, 2.45) is 0 Å². The molecule has 0 unspecified atom stereocenters. The summed E-state index contributed by atoms with van der Waals surface area (Å²) in [5, 5.41) is 13.0. The second kappa shape index (κ2) is 5.95. The van der Waals surface area contributed by atoms with Crippen LogP contribution in [0.4, 0.5) is 5.69 Å². The Labute approximate surface area is 129 Å². The lowest BCUT2D eigenvalue weighted by Gasteiger charge is -2.17. The van der Waals surface area contributed by atoms with Gasteiger partial charge in [-0.15, -0.1) is 0 Å². The molecule has 0 spiro atoms. The average Bonchev–Trinajstić information content (AvgIpc) is 2.55. The quantitative estimate of drug-likeness (QED) is 0.727. The lowest BCUT2D eigenvalue weighted by molar-refractivity contribution is 0.0511. The molecule has 0 saturated carbocycles. The number of benzene rings is 3. The third kappa shape index (κ3) is 2.97. The first-order chi connectivity index (χ1) is 10.7. The van der Waals surface area contributed by atoms with E-state index in [1.165, 1.54) is 5.56 Å². The van der Waals surface area contributed by atoms with Crippen molar-refractivity contribution in [2.75, 3.05) is 12.3 Å². The Bertz CT molecular complexity index is 784. The molecule has 0 heterocycles. The van der Waals surface area contributed by atoms with Gasteiger partial charge in [-0.3, -0.25) is 5.21 Å². The summed E-state index contributed by atoms with van der Waals surface area (Å²) in [5.41, 5.74) is 1.77. The summed E-state index contributed by atoms with van der Waals surface area (Å²) in [6.07, 6.45) is 0. The molecule has 0 aromatic heterocycles. The van der Waals surface area contributed by atoms with Crippen molar-refractivity contribution in [3.8, 4) is 11.5 Å². The van der Waals surface area contributed by atoms with Gasteiger partial charge in [0, 0.05) is 0 Å². The number of nitrogens with zero attached hydrogens (tertiary/aromatic N) is 1. The molecular weight excluding hydrogens is 278 g/mol. The number of anilines is 1. The second-order valence-corrected chi connectivity index (χ2v) is 5.07. The Morgan fingerprint density at radius 3 is 2.18 bits per heavy atom. The molecule has 3 aromatic carbocycles. The van der Waals surface area contributed by atoms with Crippen molar-refractivity contribution in [2.45, 2.75) is 6.92 Å². The van der Waals surface area contributed by atoms with E-state index < -0.39 is 0 Å². The zero-order chi connectivity index (χ0) is 15.5. The van der Waals surface area contributed by atoms with E-state index in [4.69, 9.17) is 9.57 Å². The molecule has 0 atom stereocenters. The zero-order valence-electron chi connectivity index (χ0n) is 12.5. The minimum atomic E-state index is 0.521. The lowest BCUT2D eigenvalue weighted by atomic mass is 10.1. The van der Waals surface area contributed by atoms with Gasteiger partial charge < -0.3 is 9.57 Å². The predicted octanol–water partition coefficient (Wildman–Crippen LogP) is 4.35. The van der Waals surface area contributed by atoms with Crippen molar-refractivity contribution >= 4 is 16.5 Å². The van der Waals surface area contributed by atoms with Crippen LogP contribution >= 0.6 is 0 Å². The third-order valence-electron chi connectivity index (χ3n) is 3.45. The molecule has 0 bridgehead atoms. The fraction of sp³-hybridized carbons (Fsp3) is 0.111. The van der Waals surface area contributed by atoms with Crippen LogP contribution in [0.3, 0.4) is 0 Å². The van der Waals surface area contributed by atoms with E-state index in [1.807, 2.05) is 30.3 Å². The minimum Gasteiger partial charge on any atom is -0.497 e. The number of hydrogen-bond acceptors (Lipinski definition) is 4. The van der Waals surface area contributed by atoms with Gasteiger partial charge in [-0.2, -0.15) is 0 Å². The molecule has 0 saturated heterocycles. The first kappa shape index (κ1) is 14.2. The van der Waals surface area contributed by atoms with Gasteiger partial charge >= 0.3 is 0 Å². The summed E-state index contributed by atoms with van der Waals surface area (Å²) >= 11 is 0. The molecule has 0 amide bonds. The number of methoxy groups -OCH3 is 1. The largest absolute Gasteiger partial charge is 0.497 e. The van der Waals surface area contributed by atoms with E-state index in [0.29, 0.717) is 11.4 Å². The molecule has 3 rings (SSSR count). The minimum absolute atomic E-state index is 0.521. The van der Waals surface area contributed by atoms with E-state index in [9.17, 15) is 5.21 Å². The maximum absolute atomic E-state index is 10.1. The van der Waals surface area contributed by atoms with Gasteiger partial charge in [0.05, 0.1) is 7.11 Å². The van der Waals surface area contributed by atoms with Crippen LogP contribution in [-0.4, -0.2) is 12.3 Å². The fourth-order valence-electron chi connectivity index (χ4n) is 2.26. The summed E-state index contributed by atoms with van der Waals surface area (Å²) in [4.78, 5) is 5.41. The molecule has 0 aliphatic carbocycles. The summed E-state index contributed by atoms with van der Waals surface area (Å²) in [6, 6.07) is 18.8. The Hall–Kier alpha value is -2.72. The average molecular weight is 295 g/mol. The highest BCUT2D eigenvalue weighted by Crippen LogP contribution is 2.24. The van der Waals surface area contributed by atoms with Crippen LogP contribution in [0.25, 0.3) is 10.8 Å². The molecule has 0 fully saturated rings. The SMILES string of the molecule is COc1ccc(ON(O)c2ccc3cc(C)ccc3c2)cc1. The molecule has 3 aromatic rings. The van der Waals surface area contributed by atoms with Crippen LogP contribution in [0.15, 0.2) is 60.7 Å². The van der Waals surface area contributed by atoms with Crippen molar-refractivity contribution < 1.29 is 14.8 Å². The van der Waals surface area contributed by atoms with E-state index in [0.717, 1.165) is 21.7 Å². The smallest absolute Gasteiger partial charge is 0.158 e. The topological polar surface area (TPSA) is 41.9 Å². The highest BCUT2D eigenvalue weighted by atomic mass is 16.9. The highest BCUT2D eigenvalue weighted by Gasteiger charge is 2.07. The second-order valence-electron chi connectivity index (χ2n) is 5.07. The van der Waals surface area contributed by atoms with E-state index >= 15 is 0 Å². The monoisotopic (exact) mass is 295 g/mol. The standard InChI is InChI=1S/C18H17NO3/c1-13-3-4-15-12-16(6-5-14(15)11-13)19(20)22-18-9-7-17(21-2)8-10-18/h3-12,20H,1-2H3. The van der Waals surface area contributed by atoms with Gasteiger partial charge in [-0.25, -0.2) is 0 Å². The molecular formula is C18H17NO3.